The van der Waals surface area contributed by atoms with E-state index in [0.29, 0.717) is 11.1 Å². The third kappa shape index (κ3) is 31.4. The predicted octanol–water partition coefficient (Wildman–Crippen LogP) is -10.6. The van der Waals surface area contributed by atoms with E-state index in [1.807, 2.05) is 0 Å². The van der Waals surface area contributed by atoms with Crippen molar-refractivity contribution in [2.24, 2.45) is 11.7 Å². The fourth-order valence-electron chi connectivity index (χ4n) is 12.0. The second kappa shape index (κ2) is 51.8. The zero-order valence-corrected chi connectivity index (χ0v) is 77.4. The molecule has 55 heteroatoms. The lowest BCUT2D eigenvalue weighted by Gasteiger charge is -2.42. The van der Waals surface area contributed by atoms with E-state index in [0.717, 1.165) is 13.8 Å². The molecule has 46 nitrogen and oxygen atoms in total. The van der Waals surface area contributed by atoms with Crippen molar-refractivity contribution in [1.29, 1.82) is 0 Å². The van der Waals surface area contributed by atoms with Crippen LogP contribution in [0.15, 0.2) is 60.4 Å². The molecule has 2 aliphatic heterocycles. The number of primary amides is 1. The summed E-state index contributed by atoms with van der Waals surface area (Å²) in [4.78, 5) is 262. The summed E-state index contributed by atoms with van der Waals surface area (Å²) in [7, 11) is 0. The molecule has 18 amide bonds. The van der Waals surface area contributed by atoms with Crippen LogP contribution < -0.4 is 111 Å². The number of phenolic OH excluding ortho intramolecular Hbond substituents is 1. The van der Waals surface area contributed by atoms with Gasteiger partial charge in [-0.2, -0.15) is 101 Å². The molecule has 1 spiro atoms. The van der Waals surface area contributed by atoms with Crippen LogP contribution in [0, 0.1) is 5.92 Å². The molecule has 19 atom stereocenters. The van der Waals surface area contributed by atoms with E-state index in [4.69, 9.17) is 27.4 Å². The summed E-state index contributed by atoms with van der Waals surface area (Å²) in [5.41, 5.74) is 4.85. The molecule has 2 aromatic carbocycles. The largest absolute Gasteiger partial charge is 0.508 e. The van der Waals surface area contributed by atoms with Gasteiger partial charge in [0.05, 0.1) is 56.0 Å². The molecule has 1 aliphatic carbocycles. The molecule has 0 bridgehead atoms. The number of ether oxygens (including phenoxy) is 2. The maximum absolute atomic E-state index is 13.7. The summed E-state index contributed by atoms with van der Waals surface area (Å²) >= 11 is 38.7. The Kier molecular flexibility index (Phi) is 43.7. The number of aliphatic hydroxyl groups is 3. The summed E-state index contributed by atoms with van der Waals surface area (Å²) in [6.07, 6.45) is -0.595. The van der Waals surface area contributed by atoms with Gasteiger partial charge in [-0.15, -0.1) is 0 Å². The SMILES string of the molecule is C[C@H](NC(=O)[C@H](CS)NC(=O)[C@@H](CS)NC(=O)CNC(=O)[C@@H](NC(=O)[C@H](CS)NC(=O)[C@@H](NC(=O)[C@H](CS)NC(=O)[C@@H](CS)NC(=O)[C@@H](C)NC(=O)[C@@H](CS)NC(=O)[C@H](CS)NC(=S)Nc1ccc2c(c1)C(=O)OC21c2ccc(O)cc2OC2=CC(=O)C=CC21)[C@@H](C)O)[C@@H](C)O)C(=O)N[C@H](C)C(=O)N[C@H](CS)C(=O)NCC(=O)NCC(=O)NCC(=O)N[C@H](C(N)=O)[C@@H](C)O. The van der Waals surface area contributed by atoms with Crippen LogP contribution in [0.25, 0.3) is 0 Å². The quantitative estimate of drug-likeness (QED) is 0.0166. The number of aliphatic hydroxyl groups excluding tert-OH is 3. The van der Waals surface area contributed by atoms with Crippen molar-refractivity contribution in [3.63, 3.8) is 0 Å². The highest BCUT2D eigenvalue weighted by Crippen LogP contribution is 2.57. The smallest absolute Gasteiger partial charge is 0.339 e. The first-order valence-corrected chi connectivity index (χ1v) is 44.4. The van der Waals surface area contributed by atoms with Crippen LogP contribution in [0.1, 0.15) is 63.0 Å². The first-order chi connectivity index (χ1) is 60.8. The number of rotatable bonds is 48. The number of benzene rings is 2. The van der Waals surface area contributed by atoms with Crippen LogP contribution in [0.4, 0.5) is 5.69 Å². The molecular weight excluding hydrogens is 1870 g/mol. The minimum Gasteiger partial charge on any atom is -0.508 e. The molecule has 5 rings (SSSR count). The predicted molar refractivity (Wildman–Crippen MR) is 489 cm³/mol. The van der Waals surface area contributed by atoms with E-state index in [2.05, 4.69) is 202 Å². The lowest BCUT2D eigenvalue weighted by Crippen LogP contribution is -2.63. The number of carbonyl (C=O) groups is 20. The van der Waals surface area contributed by atoms with Gasteiger partial charge in [-0.3, -0.25) is 91.1 Å². The van der Waals surface area contributed by atoms with Gasteiger partial charge in [-0.05, 0) is 84.1 Å². The molecule has 2 unspecified atom stereocenters. The van der Waals surface area contributed by atoms with Gasteiger partial charge in [0, 0.05) is 75.0 Å². The number of thiol groups is 8. The summed E-state index contributed by atoms with van der Waals surface area (Å²) in [5.74, 6) is -22.5. The van der Waals surface area contributed by atoms with Crippen molar-refractivity contribution in [2.75, 3.05) is 77.5 Å². The summed E-state index contributed by atoms with van der Waals surface area (Å²) in [6, 6.07) is -12.2. The number of esters is 1. The van der Waals surface area contributed by atoms with Crippen molar-refractivity contribution < 1.29 is 126 Å². The van der Waals surface area contributed by atoms with E-state index >= 15 is 0 Å². The van der Waals surface area contributed by atoms with E-state index in [9.17, 15) is 116 Å². The van der Waals surface area contributed by atoms with Crippen LogP contribution in [0.2, 0.25) is 0 Å². The molecule has 0 radical (unpaired) electrons. The molecule has 3 aliphatic rings. The first kappa shape index (κ1) is 109. The Labute approximate surface area is 786 Å². The molecule has 0 aromatic heterocycles. The van der Waals surface area contributed by atoms with Crippen molar-refractivity contribution in [2.45, 2.75) is 150 Å². The third-order valence-electron chi connectivity index (χ3n) is 19.0. The van der Waals surface area contributed by atoms with Crippen LogP contribution in [-0.2, 0) is 101 Å². The van der Waals surface area contributed by atoms with Crippen LogP contribution >= 0.6 is 113 Å². The van der Waals surface area contributed by atoms with E-state index in [1.165, 1.54) is 58.0 Å². The van der Waals surface area contributed by atoms with Crippen molar-refractivity contribution in [1.82, 2.24) is 95.7 Å². The summed E-state index contributed by atoms with van der Waals surface area (Å²) in [6.45, 7) is 4.10. The minimum atomic E-state index is -1.89. The standard InChI is InChI=1S/C74H102N20O26S9/c1-28(59(105)80-29(2)60(106)85-41(20-121)62(108)78-17-52(101)76-16-51(100)77-18-54(103)92-55(31(4)95)58(75)104)81-63(109)43(22-123)87-65(111)42(21-122)84-53(102)19-79-70(116)56(32(5)96)93-69(115)47(26-127)90-71(117)57(33(6)97)94-68(114)46(25-126)89-66(112)45(24-125)86-61(107)30(3)82-64(110)44(23-124)88-67(113)48(27-128)91-73(129)83-34-7-10-38-37(13-34)72(118)120-74(38)39-11-8-35(98)14-49(39)119-50-15-36(99)9-12-40(50)74/h7-15,28-33,39,41-48,55-57,95-97,99,121-128H,16-27H2,1-6H3,(H2,75,104)(H,76,101)(H,77,100)(H,78,108)(H,79,116)(H,80,105)(H,81,109)(H,82,110)(H,84,102)(H,85,106)(H,86,107)(H,87,111)(H,88,113)(H,89,112)(H,90,117)(H,92,103)(H,93,115)(H,94,114)(H2,83,91,129)/t28-,29+,30+,31+,32+,33+,39?,41+,42+,43-,44+,45+,46-,47-,48-,55-,56-,57-,74?/m0/s1. The van der Waals surface area contributed by atoms with Gasteiger partial charge < -0.3 is 137 Å². The highest BCUT2D eigenvalue weighted by Gasteiger charge is 2.58. The number of carbonyl (C=O) groups excluding carboxylic acids is 20. The summed E-state index contributed by atoms with van der Waals surface area (Å²) < 4.78 is 12.1. The Balaban J connectivity index is 1.04. The third-order valence-corrected chi connectivity index (χ3v) is 22.1. The van der Waals surface area contributed by atoms with Crippen molar-refractivity contribution in [3.8, 4) is 11.5 Å². The number of aromatic hydroxyl groups is 1. The second-order valence-electron chi connectivity index (χ2n) is 28.9. The van der Waals surface area contributed by atoms with Gasteiger partial charge in [-0.1, -0.05) is 12.1 Å². The highest BCUT2D eigenvalue weighted by molar-refractivity contribution is 7.81. The maximum Gasteiger partial charge on any atom is 0.339 e. The fourth-order valence-corrected chi connectivity index (χ4v) is 14.3. The fraction of sp³-hybridized carbons (Fsp3) is 0.500. The average Bonchev–Trinajstić information content (AvgIpc) is 1.57. The molecule has 129 heavy (non-hydrogen) atoms. The van der Waals surface area contributed by atoms with Crippen LogP contribution in [0.5, 0.6) is 11.5 Å². The van der Waals surface area contributed by atoms with Gasteiger partial charge in [0.25, 0.3) is 0 Å². The number of allylic oxidation sites excluding steroid dienone is 2. The number of hydrogen-bond acceptors (Lipinski definition) is 35. The van der Waals surface area contributed by atoms with Gasteiger partial charge in [-0.25, -0.2) is 4.79 Å². The highest BCUT2D eigenvalue weighted by atomic mass is 32.1. The molecule has 0 saturated heterocycles. The number of fused-ring (bicyclic) bond motifs is 6. The number of phenols is 1. The summed E-state index contributed by atoms with van der Waals surface area (Å²) in [5, 5.41) is 85.5. The number of nitrogens with one attached hydrogen (secondary N) is 19. The molecule has 0 fully saturated rings. The Morgan fingerprint density at radius 2 is 0.767 bits per heavy atom. The molecule has 25 N–H and O–H groups in total. The Bertz CT molecular complexity index is 4650. The van der Waals surface area contributed by atoms with E-state index in [1.54, 1.807) is 24.3 Å². The zero-order chi connectivity index (χ0) is 96.8. The lowest BCUT2D eigenvalue weighted by atomic mass is 9.71. The van der Waals surface area contributed by atoms with Crippen LogP contribution in [-0.4, -0.2) is 319 Å². The molecular formula is C74H102N20O26S9. The lowest BCUT2D eigenvalue weighted by molar-refractivity contribution is -0.137. The Hall–Kier alpha value is -10.5. The van der Waals surface area contributed by atoms with E-state index < -0.39 is 282 Å². The molecule has 708 valence electrons. The molecule has 2 aromatic rings. The number of hydrogen-bond donors (Lipinski definition) is 32. The number of nitrogens with two attached hydrogens (primary N) is 1. The monoisotopic (exact) mass is 1970 g/mol. The zero-order valence-electron chi connectivity index (χ0n) is 69.4. The maximum atomic E-state index is 13.7. The number of anilines is 1. The Morgan fingerprint density at radius 3 is 1.22 bits per heavy atom. The second-order valence-corrected chi connectivity index (χ2v) is 32.2. The normalized spacial score (nSPS) is 17.8. The van der Waals surface area contributed by atoms with Crippen molar-refractivity contribution in [3.05, 3.63) is 77.1 Å². The molecule has 2 heterocycles. The average molecular weight is 1980 g/mol. The topological polar surface area (TPSA) is 695 Å². The number of thiocarbonyl (C=S) groups is 1. The van der Waals surface area contributed by atoms with Gasteiger partial charge >= 0.3 is 5.97 Å². The number of ketones is 1. The Morgan fingerprint density at radius 1 is 0.411 bits per heavy atom. The van der Waals surface area contributed by atoms with Crippen LogP contribution in [0.3, 0.4) is 0 Å². The number of amides is 18. The van der Waals surface area contributed by atoms with E-state index in [-0.39, 0.29) is 56.7 Å². The minimum absolute atomic E-state index is 0.121. The van der Waals surface area contributed by atoms with Gasteiger partial charge in [0.1, 0.15) is 102 Å². The van der Waals surface area contributed by atoms with Gasteiger partial charge in [0.2, 0.25) is 106 Å². The van der Waals surface area contributed by atoms with Gasteiger partial charge in [0.15, 0.2) is 16.5 Å². The van der Waals surface area contributed by atoms with Crippen molar-refractivity contribution >= 4 is 242 Å². The molecule has 0 saturated carbocycles. The first-order valence-electron chi connectivity index (χ1n) is 38.9.